The van der Waals surface area contributed by atoms with Crippen LogP contribution in [0.3, 0.4) is 0 Å². The van der Waals surface area contributed by atoms with Gasteiger partial charge in [-0.2, -0.15) is 5.10 Å². The number of carbonyl (C=O) groups excluding carboxylic acids is 1. The van der Waals surface area contributed by atoms with Crippen LogP contribution in [0, 0.1) is 6.92 Å². The number of methoxy groups -OCH3 is 1. The number of ether oxygens (including phenoxy) is 1. The Morgan fingerprint density at radius 3 is 2.62 bits per heavy atom. The Morgan fingerprint density at radius 1 is 1.23 bits per heavy atom. The molecule has 0 unspecified atom stereocenters. The highest BCUT2D eigenvalue weighted by molar-refractivity contribution is 6.30. The fourth-order valence-electron chi connectivity index (χ4n) is 2.92. The minimum Gasteiger partial charge on any atom is -0.496 e. The van der Waals surface area contributed by atoms with Crippen LogP contribution in [-0.2, 0) is 6.54 Å². The van der Waals surface area contributed by atoms with Crippen LogP contribution in [0.25, 0.3) is 11.3 Å². The summed E-state index contributed by atoms with van der Waals surface area (Å²) in [5.41, 5.74) is 5.29. The number of anilines is 1. The summed E-state index contributed by atoms with van der Waals surface area (Å²) < 4.78 is 5.43. The summed E-state index contributed by atoms with van der Waals surface area (Å²) in [5, 5.41) is 11.4. The molecule has 6 heteroatoms. The number of ketones is 1. The zero-order chi connectivity index (χ0) is 18.7. The van der Waals surface area contributed by atoms with Crippen molar-refractivity contribution in [1.29, 1.82) is 0 Å². The number of nitrogens with zero attached hydrogens (tertiary/aromatic N) is 1. The quantitative estimate of drug-likeness (QED) is 0.609. The molecule has 0 aliphatic carbocycles. The summed E-state index contributed by atoms with van der Waals surface area (Å²) in [7, 11) is 1.58. The van der Waals surface area contributed by atoms with E-state index in [1.54, 1.807) is 13.2 Å². The average molecular weight is 370 g/mol. The van der Waals surface area contributed by atoms with Gasteiger partial charge in [-0.3, -0.25) is 9.89 Å². The summed E-state index contributed by atoms with van der Waals surface area (Å²) in [6.07, 6.45) is 1.87. The first kappa shape index (κ1) is 18.0. The van der Waals surface area contributed by atoms with Crippen LogP contribution in [0.2, 0.25) is 5.02 Å². The van der Waals surface area contributed by atoms with Crippen molar-refractivity contribution in [3.05, 3.63) is 64.3 Å². The SMILES string of the molecule is COc1c(C(C)=O)ccc(NCc2c[nH]nc2-c2ccc(Cl)cc2)c1C. The van der Waals surface area contributed by atoms with E-state index in [4.69, 9.17) is 16.3 Å². The highest BCUT2D eigenvalue weighted by Crippen LogP contribution is 2.31. The predicted octanol–water partition coefficient (Wildman–Crippen LogP) is 4.86. The second kappa shape index (κ2) is 7.62. The van der Waals surface area contributed by atoms with Crippen LogP contribution in [0.15, 0.2) is 42.6 Å². The van der Waals surface area contributed by atoms with Crippen molar-refractivity contribution in [2.24, 2.45) is 0 Å². The Balaban J connectivity index is 1.84. The van der Waals surface area contributed by atoms with Gasteiger partial charge in [-0.05, 0) is 38.1 Å². The molecular formula is C20H20ClN3O2. The van der Waals surface area contributed by atoms with E-state index in [0.29, 0.717) is 22.9 Å². The van der Waals surface area contributed by atoms with E-state index in [0.717, 1.165) is 28.1 Å². The molecule has 0 bridgehead atoms. The molecule has 134 valence electrons. The number of nitrogens with one attached hydrogen (secondary N) is 2. The summed E-state index contributed by atoms with van der Waals surface area (Å²) in [6, 6.07) is 11.3. The third-order valence-electron chi connectivity index (χ3n) is 4.30. The molecule has 0 atom stereocenters. The highest BCUT2D eigenvalue weighted by Gasteiger charge is 2.14. The van der Waals surface area contributed by atoms with E-state index in [1.165, 1.54) is 6.92 Å². The molecule has 3 aromatic rings. The van der Waals surface area contributed by atoms with Crippen LogP contribution < -0.4 is 10.1 Å². The fraction of sp³-hybridized carbons (Fsp3) is 0.200. The van der Waals surface area contributed by atoms with Gasteiger partial charge in [0, 0.05) is 40.1 Å². The van der Waals surface area contributed by atoms with Gasteiger partial charge >= 0.3 is 0 Å². The summed E-state index contributed by atoms with van der Waals surface area (Å²) in [6.45, 7) is 4.05. The van der Waals surface area contributed by atoms with E-state index in [2.05, 4.69) is 15.5 Å². The number of rotatable bonds is 6. The van der Waals surface area contributed by atoms with Crippen LogP contribution in [-0.4, -0.2) is 23.1 Å². The number of halogens is 1. The number of aromatic amines is 1. The molecule has 1 heterocycles. The van der Waals surface area contributed by atoms with Gasteiger partial charge in [0.25, 0.3) is 0 Å². The summed E-state index contributed by atoms with van der Waals surface area (Å²) >= 11 is 5.96. The molecule has 0 saturated heterocycles. The van der Waals surface area contributed by atoms with E-state index < -0.39 is 0 Å². The Hall–Kier alpha value is -2.79. The zero-order valence-corrected chi connectivity index (χ0v) is 15.6. The lowest BCUT2D eigenvalue weighted by molar-refractivity contribution is 0.101. The summed E-state index contributed by atoms with van der Waals surface area (Å²) in [4.78, 5) is 11.7. The van der Waals surface area contributed by atoms with Gasteiger partial charge in [-0.25, -0.2) is 0 Å². The topological polar surface area (TPSA) is 67.0 Å². The first-order valence-electron chi connectivity index (χ1n) is 8.22. The predicted molar refractivity (Wildman–Crippen MR) is 104 cm³/mol. The lowest BCUT2D eigenvalue weighted by atomic mass is 10.0. The van der Waals surface area contributed by atoms with Gasteiger partial charge < -0.3 is 10.1 Å². The van der Waals surface area contributed by atoms with Crippen LogP contribution in [0.5, 0.6) is 5.75 Å². The zero-order valence-electron chi connectivity index (χ0n) is 14.9. The first-order chi connectivity index (χ1) is 12.5. The van der Waals surface area contributed by atoms with Crippen LogP contribution >= 0.6 is 11.6 Å². The minimum absolute atomic E-state index is 0.0173. The highest BCUT2D eigenvalue weighted by atomic mass is 35.5. The Kier molecular flexibility index (Phi) is 5.28. The van der Waals surface area contributed by atoms with E-state index in [9.17, 15) is 4.79 Å². The number of Topliss-reactive ketones (excluding diaryl/α,β-unsaturated/α-hetero) is 1. The van der Waals surface area contributed by atoms with Crippen molar-refractivity contribution in [3.8, 4) is 17.0 Å². The maximum atomic E-state index is 11.7. The first-order valence-corrected chi connectivity index (χ1v) is 8.60. The Morgan fingerprint density at radius 2 is 1.96 bits per heavy atom. The van der Waals surface area contributed by atoms with E-state index in [1.807, 2.05) is 43.5 Å². The lowest BCUT2D eigenvalue weighted by Gasteiger charge is -2.15. The number of benzene rings is 2. The molecular weight excluding hydrogens is 350 g/mol. The van der Waals surface area contributed by atoms with Crippen molar-refractivity contribution in [3.63, 3.8) is 0 Å². The smallest absolute Gasteiger partial charge is 0.163 e. The third-order valence-corrected chi connectivity index (χ3v) is 4.55. The monoisotopic (exact) mass is 369 g/mol. The molecule has 2 N–H and O–H groups in total. The maximum Gasteiger partial charge on any atom is 0.163 e. The van der Waals surface area contributed by atoms with Crippen molar-refractivity contribution in [1.82, 2.24) is 10.2 Å². The molecule has 5 nitrogen and oxygen atoms in total. The van der Waals surface area contributed by atoms with Gasteiger partial charge in [0.1, 0.15) is 5.75 Å². The molecule has 0 aliphatic rings. The third kappa shape index (κ3) is 3.58. The van der Waals surface area contributed by atoms with Crippen molar-refractivity contribution in [2.45, 2.75) is 20.4 Å². The van der Waals surface area contributed by atoms with Gasteiger partial charge in [-0.1, -0.05) is 23.7 Å². The molecule has 3 rings (SSSR count). The molecule has 0 amide bonds. The maximum absolute atomic E-state index is 11.7. The molecule has 26 heavy (non-hydrogen) atoms. The standard InChI is InChI=1S/C20H20ClN3O2/c1-12-18(9-8-17(13(2)25)20(12)26-3)22-10-15-11-23-24-19(15)14-4-6-16(21)7-5-14/h4-9,11,22H,10H2,1-3H3,(H,23,24). The second-order valence-electron chi connectivity index (χ2n) is 5.99. The van der Waals surface area contributed by atoms with Crippen molar-refractivity contribution in [2.75, 3.05) is 12.4 Å². The number of hydrogen-bond acceptors (Lipinski definition) is 4. The van der Waals surface area contributed by atoms with Crippen LogP contribution in [0.4, 0.5) is 5.69 Å². The van der Waals surface area contributed by atoms with E-state index >= 15 is 0 Å². The van der Waals surface area contributed by atoms with Gasteiger partial charge in [-0.15, -0.1) is 0 Å². The van der Waals surface area contributed by atoms with Gasteiger partial charge in [0.2, 0.25) is 0 Å². The average Bonchev–Trinajstić information content (AvgIpc) is 3.09. The molecule has 0 fully saturated rings. The largest absolute Gasteiger partial charge is 0.496 e. The molecule has 0 radical (unpaired) electrons. The minimum atomic E-state index is -0.0173. The molecule has 0 spiro atoms. The van der Waals surface area contributed by atoms with Crippen molar-refractivity contribution >= 4 is 23.1 Å². The Labute approximate surface area is 157 Å². The molecule has 0 saturated carbocycles. The summed E-state index contributed by atoms with van der Waals surface area (Å²) in [5.74, 6) is 0.587. The lowest BCUT2D eigenvalue weighted by Crippen LogP contribution is -2.05. The molecule has 0 aliphatic heterocycles. The number of aromatic nitrogens is 2. The van der Waals surface area contributed by atoms with Gasteiger partial charge in [0.15, 0.2) is 5.78 Å². The molecule has 2 aromatic carbocycles. The van der Waals surface area contributed by atoms with Crippen LogP contribution in [0.1, 0.15) is 28.4 Å². The van der Waals surface area contributed by atoms with E-state index in [-0.39, 0.29) is 5.78 Å². The second-order valence-corrected chi connectivity index (χ2v) is 6.43. The fourth-order valence-corrected chi connectivity index (χ4v) is 3.05. The molecule has 1 aromatic heterocycles. The Bertz CT molecular complexity index is 933. The normalized spacial score (nSPS) is 10.6. The van der Waals surface area contributed by atoms with Gasteiger partial charge in [0.05, 0.1) is 18.4 Å². The number of hydrogen-bond donors (Lipinski definition) is 2. The number of carbonyl (C=O) groups is 1. The number of H-pyrrole nitrogens is 1. The van der Waals surface area contributed by atoms with Crippen molar-refractivity contribution < 1.29 is 9.53 Å².